The van der Waals surface area contributed by atoms with E-state index in [0.717, 1.165) is 26.2 Å². The van der Waals surface area contributed by atoms with Crippen molar-refractivity contribution in [1.29, 1.82) is 0 Å². The molecule has 0 saturated carbocycles. The van der Waals surface area contributed by atoms with Gasteiger partial charge in [0.15, 0.2) is 0 Å². The predicted octanol–water partition coefficient (Wildman–Crippen LogP) is 2.78. The maximum atomic E-state index is 6.35. The molecule has 20 heavy (non-hydrogen) atoms. The summed E-state index contributed by atoms with van der Waals surface area (Å²) in [5.74, 6) is 1.25. The molecule has 0 aromatic heterocycles. The average molecular weight is 276 g/mol. The molecule has 0 spiro atoms. The molecule has 1 heterocycles. The molecule has 2 unspecified atom stereocenters. The van der Waals surface area contributed by atoms with E-state index in [1.807, 2.05) is 0 Å². The highest BCUT2D eigenvalue weighted by molar-refractivity contribution is 5.26. The number of nitrogens with two attached hydrogens (primary N) is 1. The Balaban J connectivity index is 1.87. The molecule has 1 fully saturated rings. The highest BCUT2D eigenvalue weighted by Gasteiger charge is 2.23. The second-order valence-electron chi connectivity index (χ2n) is 6.30. The molecule has 0 aliphatic carbocycles. The Morgan fingerprint density at radius 3 is 2.50 bits per heavy atom. The Kier molecular flexibility index (Phi) is 5.58. The molecule has 3 nitrogen and oxygen atoms in total. The lowest BCUT2D eigenvalue weighted by Gasteiger charge is -2.21. The van der Waals surface area contributed by atoms with Gasteiger partial charge < -0.3 is 15.4 Å². The van der Waals surface area contributed by atoms with Crippen LogP contribution >= 0.6 is 0 Å². The fourth-order valence-corrected chi connectivity index (χ4v) is 2.96. The molecular formula is C17H28N2O. The van der Waals surface area contributed by atoms with Crippen molar-refractivity contribution in [3.05, 3.63) is 35.4 Å². The zero-order valence-corrected chi connectivity index (χ0v) is 13.0. The van der Waals surface area contributed by atoms with Crippen LogP contribution in [-0.2, 0) is 4.74 Å². The van der Waals surface area contributed by atoms with Crippen LogP contribution in [0, 0.1) is 5.92 Å². The first-order chi connectivity index (χ1) is 9.60. The second-order valence-corrected chi connectivity index (χ2v) is 6.30. The monoisotopic (exact) mass is 276 g/mol. The normalized spacial score (nSPS) is 21.6. The van der Waals surface area contributed by atoms with Crippen LogP contribution in [0.2, 0.25) is 0 Å². The van der Waals surface area contributed by atoms with Crippen LogP contribution in [0.25, 0.3) is 0 Å². The highest BCUT2D eigenvalue weighted by atomic mass is 16.5. The van der Waals surface area contributed by atoms with E-state index in [0.29, 0.717) is 11.8 Å². The Bertz CT molecular complexity index is 402. The minimum absolute atomic E-state index is 0.109. The van der Waals surface area contributed by atoms with Gasteiger partial charge in [-0.1, -0.05) is 38.1 Å². The van der Waals surface area contributed by atoms with Gasteiger partial charge in [-0.15, -0.1) is 0 Å². The standard InChI is InChI=1S/C17H28N2O/c1-13(2)15-4-6-16(7-5-15)17(18)11-19-9-8-14(10-19)12-20-3/h4-7,13-14,17H,8-12,18H2,1-3H3. The highest BCUT2D eigenvalue weighted by Crippen LogP contribution is 2.21. The molecule has 1 aromatic carbocycles. The van der Waals surface area contributed by atoms with Crippen molar-refractivity contribution >= 4 is 0 Å². The summed E-state index contributed by atoms with van der Waals surface area (Å²) >= 11 is 0. The maximum absolute atomic E-state index is 6.35. The molecule has 1 aromatic rings. The number of methoxy groups -OCH3 is 1. The third-order valence-electron chi connectivity index (χ3n) is 4.26. The summed E-state index contributed by atoms with van der Waals surface area (Å²) in [6.45, 7) is 8.51. The van der Waals surface area contributed by atoms with Gasteiger partial charge in [-0.25, -0.2) is 0 Å². The smallest absolute Gasteiger partial charge is 0.0503 e. The van der Waals surface area contributed by atoms with Crippen LogP contribution in [0.4, 0.5) is 0 Å². The van der Waals surface area contributed by atoms with Gasteiger partial charge >= 0.3 is 0 Å². The van der Waals surface area contributed by atoms with Crippen LogP contribution < -0.4 is 5.73 Å². The van der Waals surface area contributed by atoms with Gasteiger partial charge in [-0.3, -0.25) is 0 Å². The summed E-state index contributed by atoms with van der Waals surface area (Å²) in [4.78, 5) is 2.46. The van der Waals surface area contributed by atoms with Crippen molar-refractivity contribution in [2.24, 2.45) is 11.7 Å². The molecule has 2 N–H and O–H groups in total. The molecule has 0 bridgehead atoms. The van der Waals surface area contributed by atoms with Crippen molar-refractivity contribution in [2.75, 3.05) is 33.4 Å². The minimum Gasteiger partial charge on any atom is -0.384 e. The fourth-order valence-electron chi connectivity index (χ4n) is 2.96. The summed E-state index contributed by atoms with van der Waals surface area (Å²) in [7, 11) is 1.78. The molecule has 1 aliphatic heterocycles. The molecule has 2 atom stereocenters. The van der Waals surface area contributed by atoms with Crippen molar-refractivity contribution < 1.29 is 4.74 Å². The number of ether oxygens (including phenoxy) is 1. The summed E-state index contributed by atoms with van der Waals surface area (Å²) < 4.78 is 5.24. The molecule has 0 amide bonds. The van der Waals surface area contributed by atoms with Gasteiger partial charge in [0, 0.05) is 26.2 Å². The zero-order chi connectivity index (χ0) is 14.5. The average Bonchev–Trinajstić information content (AvgIpc) is 2.86. The number of hydrogen-bond donors (Lipinski definition) is 1. The van der Waals surface area contributed by atoms with E-state index in [1.165, 1.54) is 17.5 Å². The first-order valence-electron chi connectivity index (χ1n) is 7.67. The van der Waals surface area contributed by atoms with E-state index >= 15 is 0 Å². The SMILES string of the molecule is COCC1CCN(CC(N)c2ccc(C(C)C)cc2)C1. The first kappa shape index (κ1) is 15.5. The van der Waals surface area contributed by atoms with Crippen LogP contribution in [0.15, 0.2) is 24.3 Å². The van der Waals surface area contributed by atoms with Crippen LogP contribution in [0.5, 0.6) is 0 Å². The van der Waals surface area contributed by atoms with E-state index in [2.05, 4.69) is 43.0 Å². The number of likely N-dealkylation sites (tertiary alicyclic amines) is 1. The van der Waals surface area contributed by atoms with Gasteiger partial charge in [0.25, 0.3) is 0 Å². The molecule has 0 radical (unpaired) electrons. The Hall–Kier alpha value is -0.900. The Morgan fingerprint density at radius 2 is 1.90 bits per heavy atom. The number of hydrogen-bond acceptors (Lipinski definition) is 3. The maximum Gasteiger partial charge on any atom is 0.0503 e. The van der Waals surface area contributed by atoms with Crippen LogP contribution in [-0.4, -0.2) is 38.3 Å². The van der Waals surface area contributed by atoms with Crippen molar-refractivity contribution in [3.8, 4) is 0 Å². The summed E-state index contributed by atoms with van der Waals surface area (Å²) in [5.41, 5.74) is 8.96. The molecule has 1 aliphatic rings. The number of rotatable bonds is 6. The third-order valence-corrected chi connectivity index (χ3v) is 4.26. The number of nitrogens with zero attached hydrogens (tertiary/aromatic N) is 1. The van der Waals surface area contributed by atoms with Gasteiger partial charge in [-0.2, -0.15) is 0 Å². The zero-order valence-electron chi connectivity index (χ0n) is 13.0. The molecule has 1 saturated heterocycles. The lowest BCUT2D eigenvalue weighted by molar-refractivity contribution is 0.152. The topological polar surface area (TPSA) is 38.5 Å². The Morgan fingerprint density at radius 1 is 1.25 bits per heavy atom. The quantitative estimate of drug-likeness (QED) is 0.868. The van der Waals surface area contributed by atoms with Crippen LogP contribution in [0.1, 0.15) is 43.4 Å². The molecular weight excluding hydrogens is 248 g/mol. The van der Waals surface area contributed by atoms with Crippen molar-refractivity contribution in [1.82, 2.24) is 4.90 Å². The van der Waals surface area contributed by atoms with Crippen LogP contribution in [0.3, 0.4) is 0 Å². The Labute approximate surface area is 123 Å². The lowest BCUT2D eigenvalue weighted by atomic mass is 9.99. The minimum atomic E-state index is 0.109. The van der Waals surface area contributed by atoms with Gasteiger partial charge in [0.1, 0.15) is 0 Å². The largest absolute Gasteiger partial charge is 0.384 e. The molecule has 112 valence electrons. The second kappa shape index (κ2) is 7.21. The summed E-state index contributed by atoms with van der Waals surface area (Å²) in [6, 6.07) is 8.89. The van der Waals surface area contributed by atoms with Crippen molar-refractivity contribution in [3.63, 3.8) is 0 Å². The molecule has 3 heteroatoms. The first-order valence-corrected chi connectivity index (χ1v) is 7.67. The van der Waals surface area contributed by atoms with E-state index in [-0.39, 0.29) is 6.04 Å². The number of benzene rings is 1. The van der Waals surface area contributed by atoms with E-state index in [4.69, 9.17) is 10.5 Å². The van der Waals surface area contributed by atoms with Gasteiger partial charge in [0.05, 0.1) is 6.61 Å². The summed E-state index contributed by atoms with van der Waals surface area (Å²) in [6.07, 6.45) is 1.23. The predicted molar refractivity (Wildman–Crippen MR) is 83.9 cm³/mol. The van der Waals surface area contributed by atoms with E-state index < -0.39 is 0 Å². The van der Waals surface area contributed by atoms with Gasteiger partial charge in [-0.05, 0) is 35.9 Å². The van der Waals surface area contributed by atoms with E-state index in [1.54, 1.807) is 7.11 Å². The molecule has 2 rings (SSSR count). The fraction of sp³-hybridized carbons (Fsp3) is 0.647. The summed E-state index contributed by atoms with van der Waals surface area (Å²) in [5, 5.41) is 0. The lowest BCUT2D eigenvalue weighted by Crippen LogP contribution is -2.31. The van der Waals surface area contributed by atoms with Crippen molar-refractivity contribution in [2.45, 2.75) is 32.2 Å². The third kappa shape index (κ3) is 4.05. The van der Waals surface area contributed by atoms with E-state index in [9.17, 15) is 0 Å². The van der Waals surface area contributed by atoms with Gasteiger partial charge in [0.2, 0.25) is 0 Å².